The largest absolute Gasteiger partial charge is 0.348 e. The Kier molecular flexibility index (Phi) is 4.05. The van der Waals surface area contributed by atoms with Gasteiger partial charge < -0.3 is 9.47 Å². The van der Waals surface area contributed by atoms with Gasteiger partial charge in [0.15, 0.2) is 9.84 Å². The van der Waals surface area contributed by atoms with Gasteiger partial charge in [-0.1, -0.05) is 0 Å². The molecular weight excluding hydrogens is 308 g/mol. The molecule has 0 aliphatic carbocycles. The minimum atomic E-state index is -2.86. The molecule has 2 aliphatic heterocycles. The lowest BCUT2D eigenvalue weighted by molar-refractivity contribution is -0.131. The van der Waals surface area contributed by atoms with Crippen LogP contribution in [-0.2, 0) is 21.2 Å². The number of rotatable bonds is 3. The van der Waals surface area contributed by atoms with Gasteiger partial charge in [-0.25, -0.2) is 8.42 Å². The zero-order chi connectivity index (χ0) is 15.0. The topological polar surface area (TPSA) is 59.4 Å². The van der Waals surface area contributed by atoms with Crippen LogP contribution in [0.3, 0.4) is 0 Å². The fourth-order valence-electron chi connectivity index (χ4n) is 3.08. The highest BCUT2D eigenvalue weighted by Crippen LogP contribution is 2.28. The second-order valence-corrected chi connectivity index (χ2v) is 9.24. The van der Waals surface area contributed by atoms with E-state index in [0.29, 0.717) is 12.2 Å². The van der Waals surface area contributed by atoms with Gasteiger partial charge in [-0.3, -0.25) is 4.79 Å². The molecule has 3 heterocycles. The summed E-state index contributed by atoms with van der Waals surface area (Å²) >= 11 is 1.50. The van der Waals surface area contributed by atoms with Crippen LogP contribution in [0.2, 0.25) is 0 Å². The number of fused-ring (bicyclic) bond motifs is 1. The number of amides is 1. The highest BCUT2D eigenvalue weighted by Gasteiger charge is 2.31. The average molecular weight is 328 g/mol. The van der Waals surface area contributed by atoms with Gasteiger partial charge in [-0.2, -0.15) is 0 Å². The molecule has 2 atom stereocenters. The fourth-order valence-corrected chi connectivity index (χ4v) is 6.61. The van der Waals surface area contributed by atoms with Gasteiger partial charge in [0.1, 0.15) is 0 Å². The minimum absolute atomic E-state index is 0.0860. The highest BCUT2D eigenvalue weighted by atomic mass is 32.2. The molecule has 1 fully saturated rings. The molecule has 0 saturated carbocycles. The first-order valence-corrected chi connectivity index (χ1v) is 10.1. The standard InChI is InChI=1S/C14H20N2O3S2/c1-11-13-3-2-5-15(13)6-7-16(11)14(17)9-20-12-4-8-21(18,19)10-12/h2-3,5,11-12H,4,6-10H2,1H3/t11-,12+/m1/s1. The quantitative estimate of drug-likeness (QED) is 0.839. The molecule has 1 saturated heterocycles. The van der Waals surface area contributed by atoms with Crippen molar-refractivity contribution in [1.29, 1.82) is 0 Å². The summed E-state index contributed by atoms with van der Waals surface area (Å²) in [6.45, 7) is 3.61. The maximum atomic E-state index is 12.4. The lowest BCUT2D eigenvalue weighted by Crippen LogP contribution is -2.41. The van der Waals surface area contributed by atoms with Crippen LogP contribution in [0.25, 0.3) is 0 Å². The van der Waals surface area contributed by atoms with Crippen LogP contribution in [0.15, 0.2) is 18.3 Å². The second kappa shape index (κ2) is 5.68. The lowest BCUT2D eigenvalue weighted by Gasteiger charge is -2.35. The van der Waals surface area contributed by atoms with Gasteiger partial charge in [0.25, 0.3) is 0 Å². The van der Waals surface area contributed by atoms with Crippen LogP contribution in [0.4, 0.5) is 0 Å². The Bertz CT molecular complexity index is 638. The highest BCUT2D eigenvalue weighted by molar-refractivity contribution is 8.02. The monoisotopic (exact) mass is 328 g/mol. The van der Waals surface area contributed by atoms with E-state index in [0.717, 1.165) is 13.1 Å². The van der Waals surface area contributed by atoms with Crippen molar-refractivity contribution in [1.82, 2.24) is 9.47 Å². The predicted molar refractivity (Wildman–Crippen MR) is 84.1 cm³/mol. The SMILES string of the molecule is C[C@@H]1c2cccn2CCN1C(=O)CS[C@H]1CCS(=O)(=O)C1. The smallest absolute Gasteiger partial charge is 0.233 e. The zero-order valence-electron chi connectivity index (χ0n) is 12.1. The van der Waals surface area contributed by atoms with Crippen LogP contribution in [0, 0.1) is 0 Å². The van der Waals surface area contributed by atoms with E-state index in [1.807, 2.05) is 24.1 Å². The van der Waals surface area contributed by atoms with Crippen LogP contribution in [-0.4, -0.2) is 52.8 Å². The summed E-state index contributed by atoms with van der Waals surface area (Å²) in [5, 5.41) is 0.0860. The molecule has 0 spiro atoms. The number of aromatic nitrogens is 1. The van der Waals surface area contributed by atoms with Crippen LogP contribution in [0.1, 0.15) is 25.1 Å². The summed E-state index contributed by atoms with van der Waals surface area (Å²) < 4.78 is 25.1. The first kappa shape index (κ1) is 15.0. The summed E-state index contributed by atoms with van der Waals surface area (Å²) in [6, 6.07) is 4.16. The normalized spacial score (nSPS) is 27.6. The van der Waals surface area contributed by atoms with Crippen molar-refractivity contribution in [2.75, 3.05) is 23.8 Å². The number of hydrogen-bond acceptors (Lipinski definition) is 4. The lowest BCUT2D eigenvalue weighted by atomic mass is 10.1. The summed E-state index contributed by atoms with van der Waals surface area (Å²) in [6.07, 6.45) is 2.73. The van der Waals surface area contributed by atoms with Gasteiger partial charge in [0.05, 0.1) is 23.3 Å². The molecular formula is C14H20N2O3S2. The predicted octanol–water partition coefficient (Wildman–Crippen LogP) is 1.31. The van der Waals surface area contributed by atoms with Crippen LogP contribution < -0.4 is 0 Å². The molecule has 7 heteroatoms. The maximum Gasteiger partial charge on any atom is 0.233 e. The Balaban J connectivity index is 1.57. The van der Waals surface area contributed by atoms with Gasteiger partial charge in [0, 0.05) is 30.2 Å². The molecule has 1 aromatic rings. The van der Waals surface area contributed by atoms with Crippen molar-refractivity contribution in [3.63, 3.8) is 0 Å². The van der Waals surface area contributed by atoms with Gasteiger partial charge in [0.2, 0.25) is 5.91 Å². The molecule has 0 aromatic carbocycles. The first-order chi connectivity index (χ1) is 9.96. The molecule has 0 unspecified atom stereocenters. The molecule has 3 rings (SSSR count). The Morgan fingerprint density at radius 2 is 2.24 bits per heavy atom. The number of thioether (sulfide) groups is 1. The second-order valence-electron chi connectivity index (χ2n) is 5.73. The molecule has 1 aromatic heterocycles. The summed E-state index contributed by atoms with van der Waals surface area (Å²) in [5.41, 5.74) is 1.17. The van der Waals surface area contributed by atoms with E-state index in [1.54, 1.807) is 0 Å². The van der Waals surface area contributed by atoms with E-state index >= 15 is 0 Å². The maximum absolute atomic E-state index is 12.4. The molecule has 0 radical (unpaired) electrons. The molecule has 1 amide bonds. The van der Waals surface area contributed by atoms with Crippen molar-refractivity contribution < 1.29 is 13.2 Å². The van der Waals surface area contributed by atoms with E-state index in [9.17, 15) is 13.2 Å². The third-order valence-electron chi connectivity index (χ3n) is 4.30. The van der Waals surface area contributed by atoms with E-state index in [1.165, 1.54) is 17.5 Å². The number of sulfone groups is 1. The first-order valence-electron chi connectivity index (χ1n) is 7.23. The van der Waals surface area contributed by atoms with Gasteiger partial charge in [-0.05, 0) is 25.5 Å². The molecule has 0 bridgehead atoms. The molecule has 21 heavy (non-hydrogen) atoms. The fraction of sp³-hybridized carbons (Fsp3) is 0.643. The summed E-state index contributed by atoms with van der Waals surface area (Å²) in [5.74, 6) is 0.991. The number of nitrogens with zero attached hydrogens (tertiary/aromatic N) is 2. The Morgan fingerprint density at radius 3 is 2.95 bits per heavy atom. The Labute approximate surface area is 129 Å². The molecule has 116 valence electrons. The van der Waals surface area contributed by atoms with Crippen molar-refractivity contribution in [3.05, 3.63) is 24.0 Å². The summed E-state index contributed by atoms with van der Waals surface area (Å²) in [7, 11) is -2.86. The van der Waals surface area contributed by atoms with Crippen molar-refractivity contribution >= 4 is 27.5 Å². The zero-order valence-corrected chi connectivity index (χ0v) is 13.7. The van der Waals surface area contributed by atoms with Crippen molar-refractivity contribution in [3.8, 4) is 0 Å². The molecule has 0 N–H and O–H groups in total. The van der Waals surface area contributed by atoms with Crippen molar-refractivity contribution in [2.24, 2.45) is 0 Å². The Morgan fingerprint density at radius 1 is 1.43 bits per heavy atom. The Hall–Kier alpha value is -0.950. The van der Waals surface area contributed by atoms with Gasteiger partial charge in [-0.15, -0.1) is 11.8 Å². The van der Waals surface area contributed by atoms with Crippen molar-refractivity contribution in [2.45, 2.75) is 31.2 Å². The van der Waals surface area contributed by atoms with Crippen LogP contribution >= 0.6 is 11.8 Å². The number of carbonyl (C=O) groups excluding carboxylic acids is 1. The number of hydrogen-bond donors (Lipinski definition) is 0. The van der Waals surface area contributed by atoms with Gasteiger partial charge >= 0.3 is 0 Å². The van der Waals surface area contributed by atoms with Crippen LogP contribution in [0.5, 0.6) is 0 Å². The molecule has 2 aliphatic rings. The summed E-state index contributed by atoms with van der Waals surface area (Å²) in [4.78, 5) is 14.3. The van der Waals surface area contributed by atoms with E-state index < -0.39 is 9.84 Å². The van der Waals surface area contributed by atoms with E-state index in [-0.39, 0.29) is 28.7 Å². The third-order valence-corrected chi connectivity index (χ3v) is 7.56. The third kappa shape index (κ3) is 3.13. The molecule has 5 nitrogen and oxygen atoms in total. The average Bonchev–Trinajstić information content (AvgIpc) is 3.03. The van der Waals surface area contributed by atoms with E-state index in [4.69, 9.17) is 0 Å². The van der Waals surface area contributed by atoms with E-state index in [2.05, 4.69) is 10.6 Å². The number of carbonyl (C=O) groups is 1. The minimum Gasteiger partial charge on any atom is -0.348 e.